The molecule has 3 N–H and O–H groups in total. The van der Waals surface area contributed by atoms with Gasteiger partial charge in [-0.05, 0) is 19.1 Å². The minimum Gasteiger partial charge on any atom is -0.496 e. The van der Waals surface area contributed by atoms with E-state index in [1.165, 1.54) is 5.56 Å². The molecule has 0 unspecified atom stereocenters. The van der Waals surface area contributed by atoms with Gasteiger partial charge in [-0.15, -0.1) is 0 Å². The summed E-state index contributed by atoms with van der Waals surface area (Å²) in [7, 11) is 1.62. The summed E-state index contributed by atoms with van der Waals surface area (Å²) in [6.07, 6.45) is 0. The molecule has 0 fully saturated rings. The predicted octanol–water partition coefficient (Wildman–Crippen LogP) is 3.61. The van der Waals surface area contributed by atoms with E-state index in [0.29, 0.717) is 17.1 Å². The second kappa shape index (κ2) is 6.43. The number of rotatable bonds is 3. The third-order valence-corrected chi connectivity index (χ3v) is 3.97. The number of methoxy groups -OCH3 is 1. The topological polar surface area (TPSA) is 73.2 Å². The number of nitrogen functional groups attached to an aromatic ring is 1. The lowest BCUT2D eigenvalue weighted by Gasteiger charge is -2.11. The van der Waals surface area contributed by atoms with Crippen molar-refractivity contribution < 1.29 is 9.72 Å². The molecule has 0 saturated heterocycles. The van der Waals surface area contributed by atoms with Crippen LogP contribution in [0.1, 0.15) is 11.1 Å². The molecule has 118 valence electrons. The molecule has 0 amide bonds. The molecule has 0 atom stereocenters. The van der Waals surface area contributed by atoms with E-state index in [0.717, 1.165) is 22.4 Å². The number of pyridine rings is 1. The standard InChI is InChI=1S/C20H17N3O/c1-13-7-9-14(10-8-13)18-11-16(17(12-21)20(22)23-18)15-5-3-4-6-19(15)24-2/h3-11H,1-2H3,(H2,22,23)/p+1. The molecule has 3 rings (SSSR count). The smallest absolute Gasteiger partial charge is 0.289 e. The fourth-order valence-corrected chi connectivity index (χ4v) is 2.69. The molecule has 0 bridgehead atoms. The highest BCUT2D eigenvalue weighted by Crippen LogP contribution is 2.34. The number of benzene rings is 2. The van der Waals surface area contributed by atoms with E-state index >= 15 is 0 Å². The van der Waals surface area contributed by atoms with Gasteiger partial charge in [0.25, 0.3) is 5.82 Å². The summed E-state index contributed by atoms with van der Waals surface area (Å²) in [5.74, 6) is 1.05. The molecular weight excluding hydrogens is 298 g/mol. The molecule has 4 heteroatoms. The maximum Gasteiger partial charge on any atom is 0.289 e. The van der Waals surface area contributed by atoms with Crippen molar-refractivity contribution in [2.24, 2.45) is 0 Å². The minimum absolute atomic E-state index is 0.344. The predicted molar refractivity (Wildman–Crippen MR) is 94.3 cm³/mol. The van der Waals surface area contributed by atoms with Crippen LogP contribution in [-0.2, 0) is 0 Å². The highest BCUT2D eigenvalue weighted by molar-refractivity contribution is 5.81. The van der Waals surface area contributed by atoms with Gasteiger partial charge in [0.05, 0.1) is 7.11 Å². The molecule has 4 nitrogen and oxygen atoms in total. The monoisotopic (exact) mass is 316 g/mol. The Morgan fingerprint density at radius 1 is 1.04 bits per heavy atom. The summed E-state index contributed by atoms with van der Waals surface area (Å²) in [5, 5.41) is 9.53. The van der Waals surface area contributed by atoms with Gasteiger partial charge in [-0.2, -0.15) is 5.26 Å². The molecule has 1 aromatic heterocycles. The van der Waals surface area contributed by atoms with E-state index in [1.54, 1.807) is 7.11 Å². The molecule has 0 aliphatic carbocycles. The van der Waals surface area contributed by atoms with Crippen LogP contribution in [-0.4, -0.2) is 7.11 Å². The summed E-state index contributed by atoms with van der Waals surface area (Å²) in [5.41, 5.74) is 11.2. The van der Waals surface area contributed by atoms with Crippen molar-refractivity contribution in [3.63, 3.8) is 0 Å². The summed E-state index contributed by atoms with van der Waals surface area (Å²) < 4.78 is 5.44. The number of nitrogens with one attached hydrogen (secondary N) is 1. The van der Waals surface area contributed by atoms with Crippen LogP contribution < -0.4 is 15.5 Å². The van der Waals surface area contributed by atoms with Gasteiger partial charge in [0.1, 0.15) is 23.1 Å². The zero-order valence-electron chi connectivity index (χ0n) is 13.6. The third kappa shape index (κ3) is 2.80. The van der Waals surface area contributed by atoms with Crippen LogP contribution in [0.3, 0.4) is 0 Å². The zero-order valence-corrected chi connectivity index (χ0v) is 13.6. The number of aromatic amines is 1. The third-order valence-electron chi connectivity index (χ3n) is 3.97. The first kappa shape index (κ1) is 15.6. The zero-order chi connectivity index (χ0) is 17.1. The lowest BCUT2D eigenvalue weighted by Crippen LogP contribution is -2.16. The summed E-state index contributed by atoms with van der Waals surface area (Å²) in [6.45, 7) is 2.04. The molecule has 2 aromatic carbocycles. The van der Waals surface area contributed by atoms with Crippen molar-refractivity contribution in [2.75, 3.05) is 12.8 Å². The lowest BCUT2D eigenvalue weighted by molar-refractivity contribution is -0.346. The molecular formula is C20H18N3O+. The van der Waals surface area contributed by atoms with Crippen LogP contribution in [0.5, 0.6) is 5.75 Å². The van der Waals surface area contributed by atoms with Crippen molar-refractivity contribution >= 4 is 5.82 Å². The number of anilines is 1. The average Bonchev–Trinajstić information content (AvgIpc) is 2.61. The Kier molecular flexibility index (Phi) is 4.17. The second-order valence-electron chi connectivity index (χ2n) is 5.56. The molecule has 0 aliphatic rings. The van der Waals surface area contributed by atoms with E-state index in [2.05, 4.69) is 11.1 Å². The number of para-hydroxylation sites is 1. The van der Waals surface area contributed by atoms with Gasteiger partial charge < -0.3 is 4.74 Å². The fourth-order valence-electron chi connectivity index (χ4n) is 2.69. The van der Waals surface area contributed by atoms with Crippen molar-refractivity contribution in [3.8, 4) is 34.2 Å². The van der Waals surface area contributed by atoms with Crippen molar-refractivity contribution in [3.05, 3.63) is 65.7 Å². The van der Waals surface area contributed by atoms with Gasteiger partial charge in [0.2, 0.25) is 0 Å². The van der Waals surface area contributed by atoms with Crippen LogP contribution in [0.2, 0.25) is 0 Å². The number of aryl methyl sites for hydroxylation is 1. The largest absolute Gasteiger partial charge is 0.496 e. The lowest BCUT2D eigenvalue weighted by atomic mass is 9.97. The highest BCUT2D eigenvalue weighted by Gasteiger charge is 2.19. The average molecular weight is 316 g/mol. The first-order valence-corrected chi connectivity index (χ1v) is 7.60. The Bertz CT molecular complexity index is 925. The Morgan fingerprint density at radius 3 is 2.42 bits per heavy atom. The van der Waals surface area contributed by atoms with Gasteiger partial charge in [0, 0.05) is 16.7 Å². The number of aromatic nitrogens is 1. The molecule has 0 spiro atoms. The van der Waals surface area contributed by atoms with E-state index in [4.69, 9.17) is 10.5 Å². The van der Waals surface area contributed by atoms with Gasteiger partial charge >= 0.3 is 0 Å². The maximum absolute atomic E-state index is 9.53. The van der Waals surface area contributed by atoms with Gasteiger partial charge in [-0.3, -0.25) is 5.73 Å². The Labute approximate surface area is 141 Å². The molecule has 24 heavy (non-hydrogen) atoms. The highest BCUT2D eigenvalue weighted by atomic mass is 16.5. The first-order valence-electron chi connectivity index (χ1n) is 7.60. The number of nitrogens with zero attached hydrogens (tertiary/aromatic N) is 1. The maximum atomic E-state index is 9.53. The molecule has 0 saturated carbocycles. The fraction of sp³-hybridized carbons (Fsp3) is 0.100. The SMILES string of the molecule is COc1ccccc1-c1cc(-c2ccc(C)cc2)[nH+]c(N)c1C#N. The second-order valence-corrected chi connectivity index (χ2v) is 5.56. The number of H-pyrrole nitrogens is 1. The normalized spacial score (nSPS) is 10.2. The van der Waals surface area contributed by atoms with Crippen molar-refractivity contribution in [1.82, 2.24) is 0 Å². The quantitative estimate of drug-likeness (QED) is 0.802. The number of hydrogen-bond acceptors (Lipinski definition) is 3. The Balaban J connectivity index is 2.25. The molecule has 3 aromatic rings. The first-order chi connectivity index (χ1) is 11.6. The van der Waals surface area contributed by atoms with Crippen LogP contribution in [0.15, 0.2) is 54.6 Å². The van der Waals surface area contributed by atoms with Gasteiger partial charge in [-0.25, -0.2) is 4.98 Å². The van der Waals surface area contributed by atoms with Gasteiger partial charge in [0.15, 0.2) is 0 Å². The van der Waals surface area contributed by atoms with Crippen molar-refractivity contribution in [2.45, 2.75) is 6.92 Å². The minimum atomic E-state index is 0.344. The number of ether oxygens (including phenoxy) is 1. The number of nitrogens with two attached hydrogens (primary N) is 1. The van der Waals surface area contributed by atoms with E-state index in [-0.39, 0.29) is 0 Å². The Hall–Kier alpha value is -3.32. The van der Waals surface area contributed by atoms with E-state index in [1.807, 2.05) is 61.5 Å². The number of hydrogen-bond donors (Lipinski definition) is 1. The van der Waals surface area contributed by atoms with Crippen molar-refractivity contribution in [1.29, 1.82) is 5.26 Å². The molecule has 0 aliphatic heterocycles. The van der Waals surface area contributed by atoms with Crippen LogP contribution in [0, 0.1) is 18.3 Å². The van der Waals surface area contributed by atoms with Crippen LogP contribution >= 0.6 is 0 Å². The van der Waals surface area contributed by atoms with Gasteiger partial charge in [-0.1, -0.05) is 48.0 Å². The van der Waals surface area contributed by atoms with Crippen LogP contribution in [0.4, 0.5) is 5.82 Å². The van der Waals surface area contributed by atoms with E-state index < -0.39 is 0 Å². The molecule has 0 radical (unpaired) electrons. The summed E-state index contributed by atoms with van der Waals surface area (Å²) in [4.78, 5) is 3.12. The van der Waals surface area contributed by atoms with E-state index in [9.17, 15) is 5.26 Å². The summed E-state index contributed by atoms with van der Waals surface area (Å²) in [6, 6.07) is 19.9. The number of nitriles is 1. The Morgan fingerprint density at radius 2 is 1.75 bits per heavy atom. The summed E-state index contributed by atoms with van der Waals surface area (Å²) >= 11 is 0. The molecule has 1 heterocycles. The van der Waals surface area contributed by atoms with Crippen LogP contribution in [0.25, 0.3) is 22.4 Å².